The summed E-state index contributed by atoms with van der Waals surface area (Å²) >= 11 is 7.04. The van der Waals surface area contributed by atoms with Crippen LogP contribution >= 0.6 is 23.6 Å². The van der Waals surface area contributed by atoms with Crippen LogP contribution in [0.15, 0.2) is 41.8 Å². The lowest BCUT2D eigenvalue weighted by atomic mass is 10.2. The summed E-state index contributed by atoms with van der Waals surface area (Å²) in [5.41, 5.74) is 2.25. The van der Waals surface area contributed by atoms with Crippen molar-refractivity contribution < 1.29 is 0 Å². The number of thiophene rings is 1. The minimum atomic E-state index is 0.652. The van der Waals surface area contributed by atoms with Crippen molar-refractivity contribution in [3.8, 4) is 0 Å². The Bertz CT molecular complexity index is 545. The van der Waals surface area contributed by atoms with Crippen LogP contribution in [0.4, 0.5) is 11.4 Å². The van der Waals surface area contributed by atoms with Crippen molar-refractivity contribution >= 4 is 40.0 Å². The second kappa shape index (κ2) is 8.00. The molecule has 2 aromatic rings. The highest BCUT2D eigenvalue weighted by atomic mass is 32.1. The molecule has 0 aliphatic rings. The maximum absolute atomic E-state index is 5.31. The van der Waals surface area contributed by atoms with Crippen LogP contribution in [0.5, 0.6) is 0 Å². The number of hydrogen-bond donors (Lipinski definition) is 2. The molecule has 21 heavy (non-hydrogen) atoms. The fourth-order valence-corrected chi connectivity index (χ4v) is 2.93. The average Bonchev–Trinajstić information content (AvgIpc) is 3.01. The molecule has 2 N–H and O–H groups in total. The van der Waals surface area contributed by atoms with Crippen molar-refractivity contribution in [3.63, 3.8) is 0 Å². The first kappa shape index (κ1) is 15.8. The lowest BCUT2D eigenvalue weighted by molar-refractivity contribution is 0.866. The topological polar surface area (TPSA) is 27.3 Å². The fourth-order valence-electron chi connectivity index (χ4n) is 2.10. The van der Waals surface area contributed by atoms with Gasteiger partial charge in [-0.3, -0.25) is 0 Å². The van der Waals surface area contributed by atoms with Crippen LogP contribution in [0.1, 0.15) is 18.7 Å². The quantitative estimate of drug-likeness (QED) is 0.785. The molecule has 0 radical (unpaired) electrons. The molecular formula is C16H21N3S2. The van der Waals surface area contributed by atoms with E-state index in [1.54, 1.807) is 11.3 Å². The zero-order valence-corrected chi connectivity index (χ0v) is 14.1. The van der Waals surface area contributed by atoms with E-state index in [0.29, 0.717) is 5.11 Å². The lowest BCUT2D eigenvalue weighted by Gasteiger charge is -2.21. The Morgan fingerprint density at radius 1 is 1.14 bits per heavy atom. The van der Waals surface area contributed by atoms with Gasteiger partial charge in [-0.2, -0.15) is 0 Å². The second-order valence-electron chi connectivity index (χ2n) is 4.61. The Morgan fingerprint density at radius 2 is 1.86 bits per heavy atom. The van der Waals surface area contributed by atoms with Crippen LogP contribution in [0.25, 0.3) is 0 Å². The largest absolute Gasteiger partial charge is 0.372 e. The van der Waals surface area contributed by atoms with Gasteiger partial charge in [-0.1, -0.05) is 6.07 Å². The van der Waals surface area contributed by atoms with Gasteiger partial charge in [0.05, 0.1) is 6.54 Å². The molecule has 0 amide bonds. The van der Waals surface area contributed by atoms with Gasteiger partial charge in [0.15, 0.2) is 5.11 Å². The normalized spacial score (nSPS) is 10.2. The molecule has 3 nitrogen and oxygen atoms in total. The number of thiocarbonyl (C=S) groups is 1. The van der Waals surface area contributed by atoms with Gasteiger partial charge in [-0.05, 0) is 61.8 Å². The molecule has 0 saturated heterocycles. The summed E-state index contributed by atoms with van der Waals surface area (Å²) in [5.74, 6) is 0. The Hall–Kier alpha value is -1.59. The number of rotatable bonds is 6. The van der Waals surface area contributed by atoms with Gasteiger partial charge in [0.25, 0.3) is 0 Å². The minimum absolute atomic E-state index is 0.652. The molecule has 112 valence electrons. The Kier molecular flexibility index (Phi) is 6.02. The van der Waals surface area contributed by atoms with Gasteiger partial charge in [0, 0.05) is 29.3 Å². The predicted octanol–water partition coefficient (Wildman–Crippen LogP) is 4.08. The summed E-state index contributed by atoms with van der Waals surface area (Å²) in [7, 11) is 0. The highest BCUT2D eigenvalue weighted by molar-refractivity contribution is 7.80. The van der Waals surface area contributed by atoms with E-state index in [2.05, 4.69) is 65.1 Å². The van der Waals surface area contributed by atoms with Crippen molar-refractivity contribution in [2.45, 2.75) is 20.4 Å². The van der Waals surface area contributed by atoms with E-state index in [4.69, 9.17) is 12.2 Å². The van der Waals surface area contributed by atoms with Gasteiger partial charge < -0.3 is 15.5 Å². The predicted molar refractivity (Wildman–Crippen MR) is 97.4 cm³/mol. The van der Waals surface area contributed by atoms with Crippen molar-refractivity contribution in [2.24, 2.45) is 0 Å². The van der Waals surface area contributed by atoms with E-state index < -0.39 is 0 Å². The third-order valence-corrected chi connectivity index (χ3v) is 4.38. The molecule has 0 aliphatic heterocycles. The zero-order valence-electron chi connectivity index (χ0n) is 12.4. The van der Waals surface area contributed by atoms with E-state index >= 15 is 0 Å². The number of benzene rings is 1. The Morgan fingerprint density at radius 3 is 2.43 bits per heavy atom. The number of nitrogens with zero attached hydrogens (tertiary/aromatic N) is 1. The Labute approximate surface area is 136 Å². The third-order valence-electron chi connectivity index (χ3n) is 3.26. The molecule has 1 aromatic carbocycles. The van der Waals surface area contributed by atoms with E-state index in [1.807, 2.05) is 6.07 Å². The maximum Gasteiger partial charge on any atom is 0.171 e. The number of hydrogen-bond acceptors (Lipinski definition) is 3. The summed E-state index contributed by atoms with van der Waals surface area (Å²) in [6, 6.07) is 12.5. The summed E-state index contributed by atoms with van der Waals surface area (Å²) in [6.45, 7) is 7.13. The molecule has 0 aliphatic carbocycles. The second-order valence-corrected chi connectivity index (χ2v) is 6.05. The molecule has 1 heterocycles. The molecule has 0 fully saturated rings. The average molecular weight is 319 g/mol. The van der Waals surface area contributed by atoms with E-state index in [-0.39, 0.29) is 0 Å². The van der Waals surface area contributed by atoms with Crippen LogP contribution in [0, 0.1) is 0 Å². The summed E-state index contributed by atoms with van der Waals surface area (Å²) in [4.78, 5) is 3.59. The van der Waals surface area contributed by atoms with Crippen LogP contribution in [-0.2, 0) is 6.54 Å². The molecule has 0 unspecified atom stereocenters. The van der Waals surface area contributed by atoms with Gasteiger partial charge in [0.1, 0.15) is 0 Å². The fraction of sp³-hybridized carbons (Fsp3) is 0.312. The minimum Gasteiger partial charge on any atom is -0.372 e. The molecule has 0 bridgehead atoms. The first-order chi connectivity index (χ1) is 10.2. The van der Waals surface area contributed by atoms with Crippen LogP contribution < -0.4 is 15.5 Å². The standard InChI is InChI=1S/C16H21N3S2/c1-3-19(4-2)14-9-7-13(8-10-14)18-16(20)17-12-15-6-5-11-21-15/h5-11H,3-4,12H2,1-2H3,(H2,17,18,20). The smallest absolute Gasteiger partial charge is 0.171 e. The summed E-state index contributed by atoms with van der Waals surface area (Å²) < 4.78 is 0. The molecular weight excluding hydrogens is 298 g/mol. The third kappa shape index (κ3) is 4.72. The number of nitrogens with one attached hydrogen (secondary N) is 2. The highest BCUT2D eigenvalue weighted by Gasteiger charge is 2.02. The van der Waals surface area contributed by atoms with Gasteiger partial charge in [-0.25, -0.2) is 0 Å². The first-order valence-electron chi connectivity index (χ1n) is 7.15. The monoisotopic (exact) mass is 319 g/mol. The molecule has 0 spiro atoms. The zero-order chi connectivity index (χ0) is 15.1. The van der Waals surface area contributed by atoms with Crippen molar-refractivity contribution in [1.82, 2.24) is 5.32 Å². The van der Waals surface area contributed by atoms with Gasteiger partial charge in [0.2, 0.25) is 0 Å². The van der Waals surface area contributed by atoms with Crippen LogP contribution in [0.2, 0.25) is 0 Å². The molecule has 0 atom stereocenters. The van der Waals surface area contributed by atoms with Crippen LogP contribution in [-0.4, -0.2) is 18.2 Å². The SMILES string of the molecule is CCN(CC)c1ccc(NC(=S)NCc2cccs2)cc1. The van der Waals surface area contributed by atoms with Gasteiger partial charge >= 0.3 is 0 Å². The van der Waals surface area contributed by atoms with E-state index in [0.717, 1.165) is 25.3 Å². The highest BCUT2D eigenvalue weighted by Crippen LogP contribution is 2.17. The summed E-state index contributed by atoms with van der Waals surface area (Å²) in [6.07, 6.45) is 0. The maximum atomic E-state index is 5.31. The van der Waals surface area contributed by atoms with Crippen molar-refractivity contribution in [2.75, 3.05) is 23.3 Å². The van der Waals surface area contributed by atoms with E-state index in [9.17, 15) is 0 Å². The van der Waals surface area contributed by atoms with E-state index in [1.165, 1.54) is 10.6 Å². The molecule has 1 aromatic heterocycles. The lowest BCUT2D eigenvalue weighted by Crippen LogP contribution is -2.27. The van der Waals surface area contributed by atoms with Crippen molar-refractivity contribution in [3.05, 3.63) is 46.7 Å². The van der Waals surface area contributed by atoms with Crippen LogP contribution in [0.3, 0.4) is 0 Å². The van der Waals surface area contributed by atoms with Gasteiger partial charge in [-0.15, -0.1) is 11.3 Å². The first-order valence-corrected chi connectivity index (χ1v) is 8.44. The Balaban J connectivity index is 1.86. The molecule has 5 heteroatoms. The molecule has 0 saturated carbocycles. The molecule has 2 rings (SSSR count). The summed E-state index contributed by atoms with van der Waals surface area (Å²) in [5, 5.41) is 9.15. The van der Waals surface area contributed by atoms with Crippen molar-refractivity contribution in [1.29, 1.82) is 0 Å². The number of anilines is 2.